The molecular weight excluding hydrogens is 270 g/mol. The van der Waals surface area contributed by atoms with Gasteiger partial charge in [-0.1, -0.05) is 13.8 Å². The number of likely N-dealkylation sites (tertiary alicyclic amines) is 2. The molecule has 0 aliphatic carbocycles. The van der Waals surface area contributed by atoms with E-state index in [4.69, 9.17) is 0 Å². The lowest BCUT2D eigenvalue weighted by Gasteiger charge is -2.17. The van der Waals surface area contributed by atoms with Gasteiger partial charge in [0.15, 0.2) is 0 Å². The van der Waals surface area contributed by atoms with Gasteiger partial charge in [-0.2, -0.15) is 0 Å². The van der Waals surface area contributed by atoms with E-state index >= 15 is 0 Å². The van der Waals surface area contributed by atoms with E-state index in [0.717, 1.165) is 32.4 Å². The molecule has 4 amide bonds. The van der Waals surface area contributed by atoms with E-state index in [-0.39, 0.29) is 23.8 Å². The number of amides is 4. The van der Waals surface area contributed by atoms with Crippen molar-refractivity contribution in [1.29, 1.82) is 0 Å². The molecule has 0 spiro atoms. The van der Waals surface area contributed by atoms with E-state index in [1.54, 1.807) is 6.92 Å². The Hall–Kier alpha value is -1.59. The lowest BCUT2D eigenvalue weighted by atomic mass is 10.1. The number of rotatable bonds is 5. The first kappa shape index (κ1) is 15.8. The molecule has 2 aliphatic rings. The number of unbranched alkanes of at least 4 members (excludes halogenated alkanes) is 1. The molecule has 118 valence electrons. The van der Waals surface area contributed by atoms with Gasteiger partial charge in [-0.25, -0.2) is 4.79 Å². The molecule has 6 heteroatoms. The molecule has 0 aromatic rings. The van der Waals surface area contributed by atoms with Gasteiger partial charge < -0.3 is 10.2 Å². The highest BCUT2D eigenvalue weighted by Crippen LogP contribution is 2.19. The fourth-order valence-electron chi connectivity index (χ4n) is 2.90. The molecule has 6 nitrogen and oxygen atoms in total. The van der Waals surface area contributed by atoms with E-state index in [2.05, 4.69) is 12.2 Å². The van der Waals surface area contributed by atoms with Crippen molar-refractivity contribution < 1.29 is 14.4 Å². The summed E-state index contributed by atoms with van der Waals surface area (Å²) in [4.78, 5) is 38.4. The third-order valence-corrected chi connectivity index (χ3v) is 4.27. The molecule has 1 N–H and O–H groups in total. The van der Waals surface area contributed by atoms with Gasteiger partial charge in [0.2, 0.25) is 11.8 Å². The van der Waals surface area contributed by atoms with Crippen molar-refractivity contribution in [2.75, 3.05) is 26.2 Å². The summed E-state index contributed by atoms with van der Waals surface area (Å²) in [5.41, 5.74) is 0. The van der Waals surface area contributed by atoms with Gasteiger partial charge in [0.25, 0.3) is 0 Å². The zero-order chi connectivity index (χ0) is 15.4. The Morgan fingerprint density at radius 3 is 2.62 bits per heavy atom. The maximum absolute atomic E-state index is 11.9. The molecule has 0 aromatic carbocycles. The molecule has 2 unspecified atom stereocenters. The molecule has 2 fully saturated rings. The highest BCUT2D eigenvalue weighted by molar-refractivity contribution is 6.03. The second kappa shape index (κ2) is 6.91. The predicted octanol–water partition coefficient (Wildman–Crippen LogP) is 1.21. The smallest absolute Gasteiger partial charge is 0.317 e. The zero-order valence-electron chi connectivity index (χ0n) is 12.9. The number of hydrogen-bond acceptors (Lipinski definition) is 3. The monoisotopic (exact) mass is 295 g/mol. The Labute approximate surface area is 125 Å². The highest BCUT2D eigenvalue weighted by Gasteiger charge is 2.34. The van der Waals surface area contributed by atoms with E-state index in [0.29, 0.717) is 25.4 Å². The van der Waals surface area contributed by atoms with Crippen LogP contribution in [0.1, 0.15) is 39.5 Å². The van der Waals surface area contributed by atoms with E-state index in [1.165, 1.54) is 4.90 Å². The molecule has 0 bridgehead atoms. The number of hydrogen-bond donors (Lipinski definition) is 1. The van der Waals surface area contributed by atoms with Gasteiger partial charge in [-0.3, -0.25) is 14.5 Å². The fraction of sp³-hybridized carbons (Fsp3) is 0.800. The number of nitrogens with one attached hydrogen (secondary N) is 1. The normalized spacial score (nSPS) is 25.8. The second-order valence-corrected chi connectivity index (χ2v) is 6.27. The van der Waals surface area contributed by atoms with Gasteiger partial charge in [-0.05, 0) is 25.2 Å². The van der Waals surface area contributed by atoms with Crippen LogP contribution in [0.4, 0.5) is 4.79 Å². The van der Waals surface area contributed by atoms with Crippen LogP contribution in [-0.4, -0.2) is 53.8 Å². The van der Waals surface area contributed by atoms with Crippen LogP contribution in [0.3, 0.4) is 0 Å². The van der Waals surface area contributed by atoms with Crippen molar-refractivity contribution in [3.05, 3.63) is 0 Å². The van der Waals surface area contributed by atoms with Crippen LogP contribution in [0, 0.1) is 11.8 Å². The predicted molar refractivity (Wildman–Crippen MR) is 78.5 cm³/mol. The third-order valence-electron chi connectivity index (χ3n) is 4.27. The average molecular weight is 295 g/mol. The number of carbonyl (C=O) groups is 3. The number of nitrogens with zero attached hydrogens (tertiary/aromatic N) is 2. The summed E-state index contributed by atoms with van der Waals surface area (Å²) in [5.74, 6) is 0.289. The Kier molecular flexibility index (Phi) is 5.20. The quantitative estimate of drug-likeness (QED) is 0.612. The lowest BCUT2D eigenvalue weighted by molar-refractivity contribution is -0.139. The maximum Gasteiger partial charge on any atom is 0.317 e. The lowest BCUT2D eigenvalue weighted by Crippen LogP contribution is -2.39. The van der Waals surface area contributed by atoms with Crippen LogP contribution in [0.25, 0.3) is 0 Å². The van der Waals surface area contributed by atoms with Crippen molar-refractivity contribution in [3.8, 4) is 0 Å². The van der Waals surface area contributed by atoms with Crippen molar-refractivity contribution in [2.45, 2.75) is 39.5 Å². The molecule has 2 atom stereocenters. The molecule has 21 heavy (non-hydrogen) atoms. The van der Waals surface area contributed by atoms with Crippen molar-refractivity contribution >= 4 is 17.8 Å². The molecule has 2 rings (SSSR count). The first-order chi connectivity index (χ1) is 9.99. The average Bonchev–Trinajstić information content (AvgIpc) is 2.96. The van der Waals surface area contributed by atoms with Crippen LogP contribution >= 0.6 is 0 Å². The maximum atomic E-state index is 11.9. The summed E-state index contributed by atoms with van der Waals surface area (Å²) >= 11 is 0. The van der Waals surface area contributed by atoms with Gasteiger partial charge in [0.05, 0.1) is 0 Å². The Morgan fingerprint density at radius 2 is 2.05 bits per heavy atom. The SMILES string of the molecule is CC1CCN(C(=O)NCCCCN2C(=O)CC(C)C2=O)C1. The summed E-state index contributed by atoms with van der Waals surface area (Å²) in [6, 6.07) is 0.00120. The van der Waals surface area contributed by atoms with Gasteiger partial charge >= 0.3 is 6.03 Å². The Balaban J connectivity index is 1.59. The van der Waals surface area contributed by atoms with Crippen molar-refractivity contribution in [1.82, 2.24) is 15.1 Å². The van der Waals surface area contributed by atoms with Gasteiger partial charge in [-0.15, -0.1) is 0 Å². The van der Waals surface area contributed by atoms with Gasteiger partial charge in [0, 0.05) is 38.5 Å². The molecule has 2 aliphatic heterocycles. The van der Waals surface area contributed by atoms with E-state index < -0.39 is 0 Å². The number of imide groups is 1. The second-order valence-electron chi connectivity index (χ2n) is 6.27. The standard InChI is InChI=1S/C15H25N3O3/c1-11-5-8-17(10-11)15(21)16-6-3-4-7-18-13(19)9-12(2)14(18)20/h11-12H,3-10H2,1-2H3,(H,16,21). The summed E-state index contributed by atoms with van der Waals surface area (Å²) in [6.07, 6.45) is 2.93. The summed E-state index contributed by atoms with van der Waals surface area (Å²) < 4.78 is 0. The van der Waals surface area contributed by atoms with Crippen LogP contribution in [0.5, 0.6) is 0 Å². The zero-order valence-corrected chi connectivity index (χ0v) is 12.9. The molecule has 2 heterocycles. The first-order valence-corrected chi connectivity index (χ1v) is 7.86. The first-order valence-electron chi connectivity index (χ1n) is 7.86. The molecule has 2 saturated heterocycles. The molecule has 0 aromatic heterocycles. The van der Waals surface area contributed by atoms with Gasteiger partial charge in [0.1, 0.15) is 0 Å². The number of urea groups is 1. The minimum Gasteiger partial charge on any atom is -0.338 e. The van der Waals surface area contributed by atoms with Crippen molar-refractivity contribution in [2.24, 2.45) is 11.8 Å². The van der Waals surface area contributed by atoms with Crippen LogP contribution in [-0.2, 0) is 9.59 Å². The molecular formula is C15H25N3O3. The highest BCUT2D eigenvalue weighted by atomic mass is 16.2. The van der Waals surface area contributed by atoms with Crippen molar-refractivity contribution in [3.63, 3.8) is 0 Å². The minimum absolute atomic E-state index is 0.00120. The fourth-order valence-corrected chi connectivity index (χ4v) is 2.90. The third kappa shape index (κ3) is 3.95. The Morgan fingerprint density at radius 1 is 1.29 bits per heavy atom. The van der Waals surface area contributed by atoms with Crippen LogP contribution in [0.15, 0.2) is 0 Å². The summed E-state index contributed by atoms with van der Waals surface area (Å²) in [5, 5.41) is 2.90. The van der Waals surface area contributed by atoms with Crippen LogP contribution < -0.4 is 5.32 Å². The molecule has 0 radical (unpaired) electrons. The topological polar surface area (TPSA) is 69.7 Å². The van der Waals surface area contributed by atoms with Crippen LogP contribution in [0.2, 0.25) is 0 Å². The van der Waals surface area contributed by atoms with E-state index in [9.17, 15) is 14.4 Å². The number of carbonyl (C=O) groups excluding carboxylic acids is 3. The largest absolute Gasteiger partial charge is 0.338 e. The molecule has 0 saturated carbocycles. The van der Waals surface area contributed by atoms with E-state index in [1.807, 2.05) is 4.90 Å². The Bertz CT molecular complexity index is 424. The summed E-state index contributed by atoms with van der Waals surface area (Å²) in [7, 11) is 0. The summed E-state index contributed by atoms with van der Waals surface area (Å²) in [6.45, 7) is 6.67. The minimum atomic E-state index is -0.172.